The van der Waals surface area contributed by atoms with Crippen molar-refractivity contribution in [3.63, 3.8) is 0 Å². The summed E-state index contributed by atoms with van der Waals surface area (Å²) in [5, 5.41) is 8.62. The molecule has 0 aromatic carbocycles. The van der Waals surface area contributed by atoms with Crippen molar-refractivity contribution in [1.82, 2.24) is 0 Å². The van der Waals surface area contributed by atoms with Crippen LogP contribution in [0.1, 0.15) is 0 Å². The van der Waals surface area contributed by atoms with Crippen molar-refractivity contribution in [3.05, 3.63) is 12.2 Å². The molecule has 0 atom stereocenters. The molecule has 0 bridgehead atoms. The summed E-state index contributed by atoms with van der Waals surface area (Å²) < 4.78 is 0. The van der Waals surface area contributed by atoms with Crippen LogP contribution in [0.15, 0.2) is 12.2 Å². The fourth-order valence-electron chi connectivity index (χ4n) is 0.806. The summed E-state index contributed by atoms with van der Waals surface area (Å²) in [6.45, 7) is 10.7. The summed E-state index contributed by atoms with van der Waals surface area (Å²) in [5.41, 5.74) is 0.981. The Hall–Kier alpha value is -0.0831. The number of aliphatic hydroxyl groups excluding tert-OH is 1. The van der Waals surface area contributed by atoms with E-state index in [0.29, 0.717) is 0 Å². The zero-order valence-electron chi connectivity index (χ0n) is 6.57. The Morgan fingerprint density at radius 2 is 1.89 bits per heavy atom. The van der Waals surface area contributed by atoms with Crippen LogP contribution in [-0.4, -0.2) is 19.8 Å². The molecule has 0 aromatic rings. The second-order valence-electron chi connectivity index (χ2n) is 3.65. The molecule has 0 rings (SSSR count). The van der Waals surface area contributed by atoms with Crippen LogP contribution in [0.5, 0.6) is 0 Å². The van der Waals surface area contributed by atoms with E-state index >= 15 is 0 Å². The lowest BCUT2D eigenvalue weighted by atomic mass is 10.4. The van der Waals surface area contributed by atoms with Gasteiger partial charge in [0.05, 0.1) is 6.61 Å². The molecule has 0 fully saturated rings. The van der Waals surface area contributed by atoms with Gasteiger partial charge in [0.1, 0.15) is 0 Å². The minimum atomic E-state index is -1.00. The Balaban J connectivity index is 3.60. The topological polar surface area (TPSA) is 20.2 Å². The molecule has 0 aliphatic carbocycles. The number of hydrogen-bond donors (Lipinski definition) is 1. The molecule has 0 aromatic heterocycles. The third-order valence-electron chi connectivity index (χ3n) is 1.00. The average Bonchev–Trinajstić information content (AvgIpc) is 1.62. The molecule has 0 amide bonds. The van der Waals surface area contributed by atoms with Crippen LogP contribution in [-0.2, 0) is 0 Å². The van der Waals surface area contributed by atoms with E-state index in [1.165, 1.54) is 0 Å². The Morgan fingerprint density at radius 1 is 1.44 bits per heavy atom. The molecule has 0 saturated heterocycles. The van der Waals surface area contributed by atoms with Gasteiger partial charge in [0.2, 0.25) is 0 Å². The minimum absolute atomic E-state index is 0.157. The molecular weight excluding hydrogens is 128 g/mol. The molecule has 0 heterocycles. The highest BCUT2D eigenvalue weighted by atomic mass is 28.3. The highest BCUT2D eigenvalue weighted by Crippen LogP contribution is 2.13. The zero-order valence-corrected chi connectivity index (χ0v) is 7.57. The molecule has 1 nitrogen and oxygen atoms in total. The first kappa shape index (κ1) is 8.92. The van der Waals surface area contributed by atoms with Gasteiger partial charge in [-0.05, 0) is 6.04 Å². The standard InChI is InChI=1S/C7H16OSi/c1-7(5-8)6-9(2,3)4/h8H,1,5-6H2,2-4H3. The SMILES string of the molecule is C=C(CO)C[Si](C)(C)C. The number of rotatable bonds is 3. The maximum atomic E-state index is 8.62. The normalized spacial score (nSPS) is 11.6. The third-order valence-corrected chi connectivity index (χ3v) is 2.56. The second-order valence-corrected chi connectivity index (χ2v) is 9.12. The largest absolute Gasteiger partial charge is 0.392 e. The highest BCUT2D eigenvalue weighted by Gasteiger charge is 2.13. The summed E-state index contributed by atoms with van der Waals surface area (Å²) in [7, 11) is -1.00. The molecule has 1 N–H and O–H groups in total. The van der Waals surface area contributed by atoms with Crippen molar-refractivity contribution in [2.45, 2.75) is 25.7 Å². The molecular formula is C7H16OSi. The quantitative estimate of drug-likeness (QED) is 0.473. The van der Waals surface area contributed by atoms with E-state index in [1.54, 1.807) is 0 Å². The summed E-state index contributed by atoms with van der Waals surface area (Å²) in [4.78, 5) is 0. The fraction of sp³-hybridized carbons (Fsp3) is 0.714. The Bertz CT molecular complexity index is 102. The van der Waals surface area contributed by atoms with Gasteiger partial charge in [-0.25, -0.2) is 0 Å². The maximum Gasteiger partial charge on any atom is 0.0636 e. The van der Waals surface area contributed by atoms with Gasteiger partial charge >= 0.3 is 0 Å². The number of hydrogen-bond acceptors (Lipinski definition) is 1. The molecule has 0 aliphatic heterocycles. The first-order valence-electron chi connectivity index (χ1n) is 3.23. The fourth-order valence-corrected chi connectivity index (χ4v) is 2.42. The Labute approximate surface area is 58.4 Å². The van der Waals surface area contributed by atoms with Gasteiger partial charge < -0.3 is 5.11 Å². The van der Waals surface area contributed by atoms with Crippen LogP contribution >= 0.6 is 0 Å². The van der Waals surface area contributed by atoms with Gasteiger partial charge in [0, 0.05) is 8.07 Å². The third kappa shape index (κ3) is 5.79. The van der Waals surface area contributed by atoms with E-state index in [4.69, 9.17) is 5.11 Å². The van der Waals surface area contributed by atoms with Gasteiger partial charge in [-0.1, -0.05) is 31.8 Å². The summed E-state index contributed by atoms with van der Waals surface area (Å²) >= 11 is 0. The van der Waals surface area contributed by atoms with Gasteiger partial charge in [-0.2, -0.15) is 0 Å². The highest BCUT2D eigenvalue weighted by molar-refractivity contribution is 6.76. The van der Waals surface area contributed by atoms with E-state index in [0.717, 1.165) is 11.6 Å². The number of aliphatic hydroxyl groups is 1. The monoisotopic (exact) mass is 144 g/mol. The lowest BCUT2D eigenvalue weighted by Crippen LogP contribution is -2.20. The molecule has 0 spiro atoms. The van der Waals surface area contributed by atoms with Gasteiger partial charge in [-0.3, -0.25) is 0 Å². The van der Waals surface area contributed by atoms with Crippen molar-refractivity contribution in [2.75, 3.05) is 6.61 Å². The van der Waals surface area contributed by atoms with Crippen molar-refractivity contribution < 1.29 is 5.11 Å². The molecule has 0 radical (unpaired) electrons. The predicted molar refractivity (Wildman–Crippen MR) is 44.4 cm³/mol. The van der Waals surface area contributed by atoms with Crippen molar-refractivity contribution in [2.24, 2.45) is 0 Å². The van der Waals surface area contributed by atoms with Crippen LogP contribution < -0.4 is 0 Å². The van der Waals surface area contributed by atoms with Crippen molar-refractivity contribution in [1.29, 1.82) is 0 Å². The lowest BCUT2D eigenvalue weighted by Gasteiger charge is -2.15. The van der Waals surface area contributed by atoms with Gasteiger partial charge in [-0.15, -0.1) is 0 Å². The molecule has 0 saturated carbocycles. The zero-order chi connectivity index (χ0) is 7.49. The molecule has 0 aliphatic rings. The van der Waals surface area contributed by atoms with E-state index in [-0.39, 0.29) is 6.61 Å². The van der Waals surface area contributed by atoms with Gasteiger partial charge in [0.15, 0.2) is 0 Å². The van der Waals surface area contributed by atoms with E-state index in [9.17, 15) is 0 Å². The first-order chi connectivity index (χ1) is 3.95. The summed E-state index contributed by atoms with van der Waals surface area (Å²) in [6.07, 6.45) is 0. The summed E-state index contributed by atoms with van der Waals surface area (Å²) in [6, 6.07) is 1.05. The summed E-state index contributed by atoms with van der Waals surface area (Å²) in [5.74, 6) is 0. The first-order valence-corrected chi connectivity index (χ1v) is 6.94. The van der Waals surface area contributed by atoms with Crippen LogP contribution in [0.3, 0.4) is 0 Å². The molecule has 9 heavy (non-hydrogen) atoms. The van der Waals surface area contributed by atoms with Crippen LogP contribution in [0.2, 0.25) is 25.7 Å². The van der Waals surface area contributed by atoms with Crippen molar-refractivity contribution in [3.8, 4) is 0 Å². The van der Waals surface area contributed by atoms with Crippen LogP contribution in [0.25, 0.3) is 0 Å². The van der Waals surface area contributed by atoms with Crippen molar-refractivity contribution >= 4 is 8.07 Å². The minimum Gasteiger partial charge on any atom is -0.392 e. The smallest absolute Gasteiger partial charge is 0.0636 e. The van der Waals surface area contributed by atoms with Gasteiger partial charge in [0.25, 0.3) is 0 Å². The second kappa shape index (κ2) is 3.18. The molecule has 54 valence electrons. The predicted octanol–water partition coefficient (Wildman–Crippen LogP) is 1.87. The van der Waals surface area contributed by atoms with E-state index in [1.807, 2.05) is 0 Å². The Kier molecular flexibility index (Phi) is 3.15. The van der Waals surface area contributed by atoms with Crippen LogP contribution in [0.4, 0.5) is 0 Å². The van der Waals surface area contributed by atoms with E-state index in [2.05, 4.69) is 26.2 Å². The molecule has 2 heteroatoms. The molecule has 0 unspecified atom stereocenters. The average molecular weight is 144 g/mol. The van der Waals surface area contributed by atoms with E-state index < -0.39 is 8.07 Å². The lowest BCUT2D eigenvalue weighted by molar-refractivity contribution is 0.331. The van der Waals surface area contributed by atoms with Crippen LogP contribution in [0, 0.1) is 0 Å². The Morgan fingerprint density at radius 3 is 2.00 bits per heavy atom. The maximum absolute atomic E-state index is 8.62.